The van der Waals surface area contributed by atoms with Crippen molar-refractivity contribution in [2.75, 3.05) is 47.3 Å². The zero-order valence-electron chi connectivity index (χ0n) is 18.2. The van der Waals surface area contributed by atoms with E-state index in [4.69, 9.17) is 0 Å². The van der Waals surface area contributed by atoms with Gasteiger partial charge in [-0.3, -0.25) is 15.1 Å². The normalized spacial score (nSPS) is 18.0. The Morgan fingerprint density at radius 1 is 1.22 bits per heavy atom. The van der Waals surface area contributed by atoms with Crippen molar-refractivity contribution in [3.8, 4) is 6.07 Å². The number of benzene rings is 1. The Balaban J connectivity index is 1.71. The van der Waals surface area contributed by atoms with Crippen LogP contribution >= 0.6 is 0 Å². The van der Waals surface area contributed by atoms with Gasteiger partial charge in [0.25, 0.3) is 5.91 Å². The van der Waals surface area contributed by atoms with Gasteiger partial charge < -0.3 is 15.5 Å². The zero-order chi connectivity index (χ0) is 22.5. The Labute approximate surface area is 188 Å². The highest BCUT2D eigenvalue weighted by Gasteiger charge is 2.24. The van der Waals surface area contributed by atoms with Crippen LogP contribution in [0.3, 0.4) is 0 Å². The number of rotatable bonds is 1. The molecule has 0 saturated carbocycles. The zero-order valence-corrected chi connectivity index (χ0v) is 18.2. The van der Waals surface area contributed by atoms with Gasteiger partial charge in [-0.15, -0.1) is 0 Å². The molecule has 5 rings (SSSR count). The Morgan fingerprint density at radius 2 is 2.03 bits per heavy atom. The Morgan fingerprint density at radius 3 is 2.78 bits per heavy atom. The second-order valence-electron chi connectivity index (χ2n) is 8.24. The number of hydroxylamine groups is 1. The summed E-state index contributed by atoms with van der Waals surface area (Å²) in [6, 6.07) is 10.7. The highest BCUT2D eigenvalue weighted by atomic mass is 16.5. The van der Waals surface area contributed by atoms with Crippen molar-refractivity contribution in [1.29, 1.82) is 5.26 Å². The number of pyridine rings is 1. The number of carbonyl (C=O) groups excluding carboxylic acids is 1. The number of nitrogens with one attached hydrogen (secondary N) is 2. The maximum atomic E-state index is 13.2. The summed E-state index contributed by atoms with van der Waals surface area (Å²) in [6.45, 7) is 2.38. The lowest BCUT2D eigenvalue weighted by molar-refractivity contribution is 0.102. The smallest absolute Gasteiger partial charge is 0.258 e. The van der Waals surface area contributed by atoms with Crippen LogP contribution in [0.2, 0.25) is 0 Å². The lowest BCUT2D eigenvalue weighted by atomic mass is 9.92. The van der Waals surface area contributed by atoms with E-state index in [0.29, 0.717) is 40.9 Å². The van der Waals surface area contributed by atoms with Crippen molar-refractivity contribution in [3.63, 3.8) is 0 Å². The number of piperidine rings is 1. The first-order chi connectivity index (χ1) is 15.5. The first-order valence-electron chi connectivity index (χ1n) is 11.0. The van der Waals surface area contributed by atoms with Crippen molar-refractivity contribution in [1.82, 2.24) is 4.98 Å². The van der Waals surface area contributed by atoms with Gasteiger partial charge in [0.1, 0.15) is 17.7 Å². The number of nitrogens with zero attached hydrogens (tertiary/aromatic N) is 4. The Bertz CT molecular complexity index is 1050. The van der Waals surface area contributed by atoms with Gasteiger partial charge in [-0.05, 0) is 61.9 Å². The molecule has 1 amide bonds. The van der Waals surface area contributed by atoms with Crippen molar-refractivity contribution in [2.24, 2.45) is 5.92 Å². The maximum Gasteiger partial charge on any atom is 0.258 e. The number of allylic oxidation sites excluding steroid dienone is 1. The number of hydrogen-bond donors (Lipinski definition) is 3. The van der Waals surface area contributed by atoms with Crippen LogP contribution in [0.1, 0.15) is 41.6 Å². The maximum absolute atomic E-state index is 13.2. The van der Waals surface area contributed by atoms with Crippen LogP contribution in [0, 0.1) is 17.2 Å². The average Bonchev–Trinajstić information content (AvgIpc) is 2.81. The molecule has 3 N–H and O–H groups in total. The molecule has 0 unspecified atom stereocenters. The van der Waals surface area contributed by atoms with Crippen LogP contribution in [0.15, 0.2) is 42.5 Å². The molecule has 1 fully saturated rings. The number of fused-ring (bicyclic) bond motifs is 7. The Hall–Kier alpha value is -3.57. The van der Waals surface area contributed by atoms with E-state index < -0.39 is 0 Å². The van der Waals surface area contributed by atoms with E-state index in [0.717, 1.165) is 49.5 Å². The molecule has 2 aromatic rings. The fourth-order valence-corrected chi connectivity index (χ4v) is 4.20. The number of aromatic nitrogens is 1. The molecule has 4 bridgehead atoms. The third-order valence-electron chi connectivity index (χ3n) is 6.05. The first-order valence-corrected chi connectivity index (χ1v) is 11.0. The van der Waals surface area contributed by atoms with Crippen LogP contribution in [-0.4, -0.2) is 42.8 Å². The summed E-state index contributed by atoms with van der Waals surface area (Å²) >= 11 is 0. The van der Waals surface area contributed by atoms with Crippen molar-refractivity contribution in [3.05, 3.63) is 53.6 Å². The third kappa shape index (κ3) is 4.84. The number of anilines is 4. The highest BCUT2D eigenvalue weighted by Crippen LogP contribution is 2.32. The molecule has 8 nitrogen and oxygen atoms in total. The molecule has 1 aromatic carbocycles. The third-order valence-corrected chi connectivity index (χ3v) is 6.05. The van der Waals surface area contributed by atoms with Crippen LogP contribution in [-0.2, 0) is 0 Å². The molecule has 0 aliphatic carbocycles. The second-order valence-corrected chi connectivity index (χ2v) is 8.24. The van der Waals surface area contributed by atoms with Crippen molar-refractivity contribution >= 4 is 28.9 Å². The number of nitriles is 1. The van der Waals surface area contributed by atoms with Gasteiger partial charge in [-0.2, -0.15) is 5.26 Å². The van der Waals surface area contributed by atoms with Gasteiger partial charge >= 0.3 is 0 Å². The fraction of sp³-hybridized carbons (Fsp3) is 0.375. The molecule has 166 valence electrons. The Kier molecular flexibility index (Phi) is 6.57. The van der Waals surface area contributed by atoms with E-state index in [9.17, 15) is 15.3 Å². The van der Waals surface area contributed by atoms with E-state index in [1.807, 2.05) is 6.07 Å². The summed E-state index contributed by atoms with van der Waals surface area (Å²) in [7, 11) is 1.56. The molecule has 0 radical (unpaired) electrons. The summed E-state index contributed by atoms with van der Waals surface area (Å²) in [6.07, 6.45) is 8.40. The van der Waals surface area contributed by atoms with Crippen molar-refractivity contribution < 1.29 is 10.0 Å². The minimum Gasteiger partial charge on any atom is -0.371 e. The lowest BCUT2D eigenvalue weighted by Crippen LogP contribution is -2.35. The average molecular weight is 433 g/mol. The highest BCUT2D eigenvalue weighted by molar-refractivity contribution is 6.08. The molecule has 1 aromatic heterocycles. The molecule has 3 aliphatic heterocycles. The van der Waals surface area contributed by atoms with Gasteiger partial charge in [0.2, 0.25) is 0 Å². The van der Waals surface area contributed by atoms with E-state index in [2.05, 4.69) is 38.7 Å². The van der Waals surface area contributed by atoms with Crippen LogP contribution in [0.25, 0.3) is 0 Å². The topological polar surface area (TPSA) is 105 Å². The van der Waals surface area contributed by atoms with Gasteiger partial charge in [0, 0.05) is 26.7 Å². The molecule has 1 saturated heterocycles. The molecule has 3 aliphatic rings. The second kappa shape index (κ2) is 9.71. The predicted octanol–water partition coefficient (Wildman–Crippen LogP) is 4.01. The molecular formula is C24H28N6O2. The molecular weight excluding hydrogens is 404 g/mol. The van der Waals surface area contributed by atoms with Gasteiger partial charge in [0.05, 0.1) is 22.5 Å². The molecule has 8 heteroatoms. The SMILES string of the molecule is CN(O)c1ccc2c(c1)N1CCC(C/C=C/CCNc3nc(ccc3C#N)NC2=O)CC1. The fourth-order valence-electron chi connectivity index (χ4n) is 4.20. The lowest BCUT2D eigenvalue weighted by Gasteiger charge is -2.34. The van der Waals surface area contributed by atoms with E-state index >= 15 is 0 Å². The van der Waals surface area contributed by atoms with E-state index in [1.165, 1.54) is 0 Å². The summed E-state index contributed by atoms with van der Waals surface area (Å²) in [5.41, 5.74) is 2.38. The van der Waals surface area contributed by atoms with E-state index in [1.54, 1.807) is 31.3 Å². The number of amides is 1. The van der Waals surface area contributed by atoms with Crippen molar-refractivity contribution in [2.45, 2.75) is 25.7 Å². The number of hydrogen-bond acceptors (Lipinski definition) is 7. The monoisotopic (exact) mass is 432 g/mol. The van der Waals surface area contributed by atoms with Gasteiger partial charge in [-0.1, -0.05) is 12.2 Å². The first kappa shape index (κ1) is 21.7. The van der Waals surface area contributed by atoms with Crippen LogP contribution < -0.4 is 20.6 Å². The van der Waals surface area contributed by atoms with Gasteiger partial charge in [-0.25, -0.2) is 4.98 Å². The molecule has 0 atom stereocenters. The quantitative estimate of drug-likeness (QED) is 0.462. The summed E-state index contributed by atoms with van der Waals surface area (Å²) in [5, 5.41) is 26.5. The van der Waals surface area contributed by atoms with Crippen LogP contribution in [0.4, 0.5) is 23.0 Å². The van der Waals surface area contributed by atoms with Crippen LogP contribution in [0.5, 0.6) is 0 Å². The minimum atomic E-state index is -0.275. The van der Waals surface area contributed by atoms with E-state index in [-0.39, 0.29) is 5.91 Å². The summed E-state index contributed by atoms with van der Waals surface area (Å²) in [5.74, 6) is 1.19. The largest absolute Gasteiger partial charge is 0.371 e. The summed E-state index contributed by atoms with van der Waals surface area (Å²) < 4.78 is 0. The van der Waals surface area contributed by atoms with Gasteiger partial charge in [0.15, 0.2) is 0 Å². The molecule has 32 heavy (non-hydrogen) atoms. The molecule has 0 spiro atoms. The minimum absolute atomic E-state index is 0.275. The standard InChI is InChI=1S/C24H28N6O2/c1-29(32)19-7-8-20-21(15-19)30-13-10-17(11-14-30)5-3-2-4-12-26-23-18(16-25)6-9-22(27-23)28-24(20)31/h2-3,6-9,15,17,32H,4-5,10-14H2,1H3,(H2,26,27,28,31)/b3-2+. The molecule has 4 heterocycles. The number of carbonyl (C=O) groups is 1. The summed E-state index contributed by atoms with van der Waals surface area (Å²) in [4.78, 5) is 19.9. The predicted molar refractivity (Wildman–Crippen MR) is 125 cm³/mol.